The zero-order valence-corrected chi connectivity index (χ0v) is 23.4. The summed E-state index contributed by atoms with van der Waals surface area (Å²) in [4.78, 5) is 12.9. The second kappa shape index (κ2) is 11.1. The molecule has 0 aliphatic heterocycles. The maximum absolute atomic E-state index is 12.9. The summed E-state index contributed by atoms with van der Waals surface area (Å²) in [5, 5.41) is 2.80. The number of carbonyl (C=O) groups excluding carboxylic acids is 1. The van der Waals surface area contributed by atoms with Gasteiger partial charge in [-0.25, -0.2) is 16.8 Å². The highest BCUT2D eigenvalue weighted by atomic mass is 79.9. The van der Waals surface area contributed by atoms with Crippen LogP contribution in [0.3, 0.4) is 0 Å². The van der Waals surface area contributed by atoms with E-state index in [1.165, 1.54) is 56.5 Å². The van der Waals surface area contributed by atoms with Crippen LogP contribution in [0.2, 0.25) is 5.02 Å². The number of methoxy groups -OCH3 is 1. The third kappa shape index (κ3) is 6.69. The zero-order valence-electron chi connectivity index (χ0n) is 19.4. The second-order valence-electron chi connectivity index (χ2n) is 7.68. The van der Waals surface area contributed by atoms with Crippen molar-refractivity contribution >= 4 is 70.5 Å². The molecule has 0 fully saturated rings. The van der Waals surface area contributed by atoms with E-state index in [1.54, 1.807) is 24.3 Å². The van der Waals surface area contributed by atoms with Crippen molar-refractivity contribution in [3.05, 3.63) is 76.2 Å². The third-order valence-corrected chi connectivity index (χ3v) is 8.47. The van der Waals surface area contributed by atoms with Crippen molar-refractivity contribution in [2.45, 2.75) is 17.9 Å². The first-order valence-electron chi connectivity index (χ1n) is 10.3. The average molecular weight is 617 g/mol. The number of carbonyl (C=O) groups is 1. The summed E-state index contributed by atoms with van der Waals surface area (Å²) >= 11 is 9.43. The van der Waals surface area contributed by atoms with Crippen molar-refractivity contribution in [3.63, 3.8) is 0 Å². The summed E-state index contributed by atoms with van der Waals surface area (Å²) < 4.78 is 59.7. The van der Waals surface area contributed by atoms with Crippen molar-refractivity contribution in [3.8, 4) is 5.75 Å². The molecule has 0 saturated heterocycles. The zero-order chi connectivity index (χ0) is 26.7. The van der Waals surface area contributed by atoms with Crippen LogP contribution in [-0.2, 0) is 24.8 Å². The van der Waals surface area contributed by atoms with Gasteiger partial charge in [0.2, 0.25) is 15.9 Å². The molecule has 36 heavy (non-hydrogen) atoms. The molecule has 0 saturated carbocycles. The number of sulfonamides is 2. The molecule has 0 bridgehead atoms. The molecule has 3 aromatic rings. The van der Waals surface area contributed by atoms with Gasteiger partial charge in [-0.15, -0.1) is 0 Å². The predicted molar refractivity (Wildman–Crippen MR) is 145 cm³/mol. The summed E-state index contributed by atoms with van der Waals surface area (Å²) in [7, 11) is -6.29. The van der Waals surface area contributed by atoms with E-state index >= 15 is 0 Å². The van der Waals surface area contributed by atoms with Crippen molar-refractivity contribution in [2.24, 2.45) is 0 Å². The number of rotatable bonds is 9. The van der Waals surface area contributed by atoms with Gasteiger partial charge in [0.15, 0.2) is 0 Å². The molecule has 3 aromatic carbocycles. The van der Waals surface area contributed by atoms with Crippen LogP contribution >= 0.6 is 27.5 Å². The molecule has 0 spiro atoms. The maximum atomic E-state index is 12.9. The van der Waals surface area contributed by atoms with Crippen LogP contribution in [0.15, 0.2) is 76.1 Å². The normalized spacial score (nSPS) is 12.5. The van der Waals surface area contributed by atoms with Crippen LogP contribution in [-0.4, -0.2) is 42.2 Å². The van der Waals surface area contributed by atoms with Gasteiger partial charge < -0.3 is 10.1 Å². The fraction of sp³-hybridized carbons (Fsp3) is 0.174. The van der Waals surface area contributed by atoms with Crippen LogP contribution in [0.5, 0.6) is 5.75 Å². The Bertz CT molecular complexity index is 1460. The van der Waals surface area contributed by atoms with E-state index in [0.717, 1.165) is 15.0 Å². The standard InChI is InChI=1S/C23H23BrClN3O6S2/c1-15(28(35(3,30)31)19-10-13-22(34-2)21(25)14-19)23(29)26-17-8-11-20(12-9-17)36(32,33)27-18-6-4-16(24)5-7-18/h4-15,27H,1-3H3,(H,26,29)/t15-/m1/s1. The van der Waals surface area contributed by atoms with E-state index in [0.29, 0.717) is 11.4 Å². The number of amides is 1. The molecule has 0 aliphatic carbocycles. The minimum absolute atomic E-state index is 0.0119. The lowest BCUT2D eigenvalue weighted by atomic mass is 10.2. The quantitative estimate of drug-likeness (QED) is 0.359. The smallest absolute Gasteiger partial charge is 0.261 e. The largest absolute Gasteiger partial charge is 0.495 e. The first-order valence-corrected chi connectivity index (χ1v) is 14.8. The molecule has 1 atom stereocenters. The molecule has 0 aromatic heterocycles. The fourth-order valence-corrected chi connectivity index (χ4v) is 6.04. The predicted octanol–water partition coefficient (Wildman–Crippen LogP) is 4.71. The van der Waals surface area contributed by atoms with Gasteiger partial charge in [0.1, 0.15) is 11.8 Å². The Hall–Kier alpha value is -2.80. The van der Waals surface area contributed by atoms with E-state index in [1.807, 2.05) is 0 Å². The molecule has 0 unspecified atom stereocenters. The van der Waals surface area contributed by atoms with E-state index in [-0.39, 0.29) is 21.3 Å². The fourth-order valence-electron chi connectivity index (χ4n) is 3.30. The van der Waals surface area contributed by atoms with Crippen LogP contribution in [0, 0.1) is 0 Å². The SMILES string of the molecule is COc1ccc(N([C@H](C)C(=O)Nc2ccc(S(=O)(=O)Nc3ccc(Br)cc3)cc2)S(C)(=O)=O)cc1Cl. The van der Waals surface area contributed by atoms with E-state index in [9.17, 15) is 21.6 Å². The Morgan fingerprint density at radius 2 is 1.56 bits per heavy atom. The molecule has 0 heterocycles. The van der Waals surface area contributed by atoms with Crippen LogP contribution < -0.4 is 19.1 Å². The van der Waals surface area contributed by atoms with Crippen LogP contribution in [0.1, 0.15) is 6.92 Å². The Morgan fingerprint density at radius 3 is 2.08 bits per heavy atom. The Kier molecular flexibility index (Phi) is 8.55. The molecule has 1 amide bonds. The summed E-state index contributed by atoms with van der Waals surface area (Å²) in [6.45, 7) is 1.43. The van der Waals surface area contributed by atoms with Gasteiger partial charge in [-0.2, -0.15) is 0 Å². The molecule has 0 radical (unpaired) electrons. The number of ether oxygens (including phenoxy) is 1. The number of anilines is 3. The van der Waals surface area contributed by atoms with Crippen LogP contribution in [0.25, 0.3) is 0 Å². The summed E-state index contributed by atoms with van der Waals surface area (Å²) in [6, 6.07) is 15.4. The second-order valence-corrected chi connectivity index (χ2v) is 12.5. The molecule has 9 nitrogen and oxygen atoms in total. The highest BCUT2D eigenvalue weighted by molar-refractivity contribution is 9.10. The van der Waals surface area contributed by atoms with Gasteiger partial charge in [0, 0.05) is 15.8 Å². The Labute approximate surface area is 223 Å². The van der Waals surface area contributed by atoms with Crippen molar-refractivity contribution in [1.82, 2.24) is 0 Å². The first kappa shape index (κ1) is 27.8. The van der Waals surface area contributed by atoms with E-state index in [4.69, 9.17) is 16.3 Å². The number of hydrogen-bond donors (Lipinski definition) is 2. The van der Waals surface area contributed by atoms with Gasteiger partial charge in [0.25, 0.3) is 10.0 Å². The number of nitrogens with one attached hydrogen (secondary N) is 2. The summed E-state index contributed by atoms with van der Waals surface area (Å²) in [5.74, 6) is -0.272. The molecule has 192 valence electrons. The number of benzene rings is 3. The average Bonchev–Trinajstić information content (AvgIpc) is 2.80. The molecule has 2 N–H and O–H groups in total. The van der Waals surface area contributed by atoms with Gasteiger partial charge >= 0.3 is 0 Å². The highest BCUT2D eigenvalue weighted by Crippen LogP contribution is 2.31. The number of hydrogen-bond acceptors (Lipinski definition) is 6. The van der Waals surface area contributed by atoms with Gasteiger partial charge in [-0.05, 0) is 73.7 Å². The molecular weight excluding hydrogens is 594 g/mol. The Balaban J connectivity index is 1.77. The number of halogens is 2. The lowest BCUT2D eigenvalue weighted by Crippen LogP contribution is -2.45. The van der Waals surface area contributed by atoms with Crippen molar-refractivity contribution in [2.75, 3.05) is 27.7 Å². The minimum atomic E-state index is -3.87. The third-order valence-electron chi connectivity index (χ3n) is 5.01. The van der Waals surface area contributed by atoms with Crippen molar-refractivity contribution in [1.29, 1.82) is 0 Å². The molecule has 13 heteroatoms. The number of nitrogens with zero attached hydrogens (tertiary/aromatic N) is 1. The highest BCUT2D eigenvalue weighted by Gasteiger charge is 2.30. The van der Waals surface area contributed by atoms with E-state index in [2.05, 4.69) is 26.0 Å². The first-order chi connectivity index (χ1) is 16.8. The molecule has 0 aliphatic rings. The van der Waals surface area contributed by atoms with Gasteiger partial charge in [-0.3, -0.25) is 13.8 Å². The van der Waals surface area contributed by atoms with E-state index < -0.39 is 32.0 Å². The minimum Gasteiger partial charge on any atom is -0.495 e. The Morgan fingerprint density at radius 1 is 0.972 bits per heavy atom. The topological polar surface area (TPSA) is 122 Å². The summed E-state index contributed by atoms with van der Waals surface area (Å²) in [5.41, 5.74) is 0.867. The lowest BCUT2D eigenvalue weighted by molar-refractivity contribution is -0.116. The van der Waals surface area contributed by atoms with Gasteiger partial charge in [-0.1, -0.05) is 27.5 Å². The molecular formula is C23H23BrClN3O6S2. The van der Waals surface area contributed by atoms with Crippen LogP contribution in [0.4, 0.5) is 17.1 Å². The van der Waals surface area contributed by atoms with Crippen molar-refractivity contribution < 1.29 is 26.4 Å². The monoisotopic (exact) mass is 615 g/mol. The van der Waals surface area contributed by atoms with Gasteiger partial charge in [0.05, 0.1) is 29.0 Å². The molecule has 3 rings (SSSR count). The lowest BCUT2D eigenvalue weighted by Gasteiger charge is -2.28. The summed E-state index contributed by atoms with van der Waals surface area (Å²) in [6.07, 6.45) is 0.979. The maximum Gasteiger partial charge on any atom is 0.261 e.